The fourth-order valence-electron chi connectivity index (χ4n) is 3.79. The SMILES string of the molecule is CCc1ccc(C(=O)N2CCN(C(=O)Cc3n[nH]c(=O)c4ccccc34)CC2)cc1. The monoisotopic (exact) mass is 404 g/mol. The predicted molar refractivity (Wildman–Crippen MR) is 114 cm³/mol. The molecule has 30 heavy (non-hydrogen) atoms. The third-order valence-electron chi connectivity index (χ3n) is 5.62. The molecule has 1 saturated heterocycles. The Labute approximate surface area is 174 Å². The van der Waals surface area contributed by atoms with Crippen molar-refractivity contribution in [3.05, 3.63) is 75.7 Å². The molecule has 2 amide bonds. The van der Waals surface area contributed by atoms with Gasteiger partial charge in [-0.1, -0.05) is 37.3 Å². The molecule has 1 aromatic heterocycles. The van der Waals surface area contributed by atoms with Crippen LogP contribution in [0.4, 0.5) is 0 Å². The highest BCUT2D eigenvalue weighted by Gasteiger charge is 2.25. The largest absolute Gasteiger partial charge is 0.339 e. The van der Waals surface area contributed by atoms with Crippen molar-refractivity contribution in [1.29, 1.82) is 0 Å². The number of hydrogen-bond donors (Lipinski definition) is 1. The van der Waals surface area contributed by atoms with E-state index in [1.165, 1.54) is 5.56 Å². The maximum atomic E-state index is 12.8. The van der Waals surface area contributed by atoms with Crippen molar-refractivity contribution in [1.82, 2.24) is 20.0 Å². The number of hydrogen-bond acceptors (Lipinski definition) is 4. The van der Waals surface area contributed by atoms with Crippen LogP contribution >= 0.6 is 0 Å². The minimum atomic E-state index is -0.263. The Morgan fingerprint density at radius 3 is 2.23 bits per heavy atom. The van der Waals surface area contributed by atoms with Crippen LogP contribution in [-0.2, 0) is 17.6 Å². The van der Waals surface area contributed by atoms with Crippen LogP contribution in [0.2, 0.25) is 0 Å². The highest BCUT2D eigenvalue weighted by atomic mass is 16.2. The fourth-order valence-corrected chi connectivity index (χ4v) is 3.79. The average molecular weight is 404 g/mol. The Morgan fingerprint density at radius 2 is 1.57 bits per heavy atom. The van der Waals surface area contributed by atoms with Gasteiger partial charge in [0.2, 0.25) is 5.91 Å². The number of carbonyl (C=O) groups excluding carboxylic acids is 2. The second kappa shape index (κ2) is 8.49. The molecule has 1 aliphatic rings. The van der Waals surface area contributed by atoms with Gasteiger partial charge < -0.3 is 9.80 Å². The Kier molecular flexibility index (Phi) is 5.61. The summed E-state index contributed by atoms with van der Waals surface area (Å²) in [6.45, 7) is 4.05. The van der Waals surface area contributed by atoms with E-state index in [0.717, 1.165) is 6.42 Å². The summed E-state index contributed by atoms with van der Waals surface area (Å²) >= 11 is 0. The van der Waals surface area contributed by atoms with Crippen LogP contribution in [0.25, 0.3) is 10.8 Å². The highest BCUT2D eigenvalue weighted by Crippen LogP contribution is 2.15. The molecular formula is C23H24N4O3. The maximum absolute atomic E-state index is 12.8. The first-order chi connectivity index (χ1) is 14.6. The van der Waals surface area contributed by atoms with E-state index in [0.29, 0.717) is 48.2 Å². The van der Waals surface area contributed by atoms with E-state index < -0.39 is 0 Å². The molecule has 0 saturated carbocycles. The van der Waals surface area contributed by atoms with E-state index in [9.17, 15) is 14.4 Å². The van der Waals surface area contributed by atoms with Gasteiger partial charge in [0, 0.05) is 37.1 Å². The number of benzene rings is 2. The van der Waals surface area contributed by atoms with Gasteiger partial charge in [0.05, 0.1) is 17.5 Å². The van der Waals surface area contributed by atoms with Crippen molar-refractivity contribution < 1.29 is 9.59 Å². The Balaban J connectivity index is 1.39. The summed E-state index contributed by atoms with van der Waals surface area (Å²) in [5.74, 6) is -0.0582. The molecule has 1 aliphatic heterocycles. The first-order valence-electron chi connectivity index (χ1n) is 10.2. The molecule has 1 fully saturated rings. The molecule has 7 nitrogen and oxygen atoms in total. The van der Waals surface area contributed by atoms with Crippen LogP contribution in [-0.4, -0.2) is 58.0 Å². The zero-order chi connectivity index (χ0) is 21.1. The highest BCUT2D eigenvalue weighted by molar-refractivity contribution is 5.94. The molecule has 154 valence electrons. The van der Waals surface area contributed by atoms with E-state index >= 15 is 0 Å². The first kappa shape index (κ1) is 19.8. The number of rotatable bonds is 4. The summed E-state index contributed by atoms with van der Waals surface area (Å²) in [5.41, 5.74) is 2.17. The lowest BCUT2D eigenvalue weighted by Crippen LogP contribution is -2.51. The summed E-state index contributed by atoms with van der Waals surface area (Å²) in [5, 5.41) is 7.78. The Hall–Kier alpha value is -3.48. The number of piperazine rings is 1. The molecule has 1 N–H and O–H groups in total. The van der Waals surface area contributed by atoms with Gasteiger partial charge in [-0.05, 0) is 30.2 Å². The van der Waals surface area contributed by atoms with Crippen molar-refractivity contribution in [2.45, 2.75) is 19.8 Å². The van der Waals surface area contributed by atoms with E-state index in [-0.39, 0.29) is 23.8 Å². The van der Waals surface area contributed by atoms with E-state index in [1.807, 2.05) is 30.3 Å². The van der Waals surface area contributed by atoms with Gasteiger partial charge in [-0.25, -0.2) is 5.10 Å². The number of aromatic nitrogens is 2. The summed E-state index contributed by atoms with van der Waals surface area (Å²) in [6, 6.07) is 14.8. The van der Waals surface area contributed by atoms with Crippen molar-refractivity contribution in [2.24, 2.45) is 0 Å². The van der Waals surface area contributed by atoms with Crippen molar-refractivity contribution in [3.63, 3.8) is 0 Å². The molecule has 2 heterocycles. The zero-order valence-corrected chi connectivity index (χ0v) is 16.9. The molecule has 0 spiro atoms. The van der Waals surface area contributed by atoms with Crippen LogP contribution in [0, 0.1) is 0 Å². The number of nitrogens with zero attached hydrogens (tertiary/aromatic N) is 3. The fraction of sp³-hybridized carbons (Fsp3) is 0.304. The first-order valence-corrected chi connectivity index (χ1v) is 10.2. The molecule has 0 aliphatic carbocycles. The molecule has 0 atom stereocenters. The quantitative estimate of drug-likeness (QED) is 0.721. The van der Waals surface area contributed by atoms with Crippen molar-refractivity contribution in [3.8, 4) is 0 Å². The van der Waals surface area contributed by atoms with Crippen LogP contribution in [0.15, 0.2) is 53.3 Å². The molecule has 3 aromatic rings. The smallest absolute Gasteiger partial charge is 0.272 e. The molecule has 0 unspecified atom stereocenters. The number of fused-ring (bicyclic) bond motifs is 1. The van der Waals surface area contributed by atoms with Crippen LogP contribution in [0.1, 0.15) is 28.5 Å². The third kappa shape index (κ3) is 3.96. The van der Waals surface area contributed by atoms with Crippen LogP contribution in [0.3, 0.4) is 0 Å². The van der Waals surface area contributed by atoms with Gasteiger partial charge in [-0.2, -0.15) is 5.10 Å². The predicted octanol–water partition coefficient (Wildman–Crippen LogP) is 2.01. The standard InChI is InChI=1S/C23H24N4O3/c1-2-16-7-9-17(10-8-16)23(30)27-13-11-26(12-14-27)21(28)15-20-18-5-3-4-6-19(18)22(29)25-24-20/h3-10H,2,11-15H2,1H3,(H,25,29). The molecular weight excluding hydrogens is 380 g/mol. The van der Waals surface area contributed by atoms with Gasteiger partial charge in [0.25, 0.3) is 11.5 Å². The molecule has 0 radical (unpaired) electrons. The number of carbonyl (C=O) groups is 2. The molecule has 4 rings (SSSR count). The Morgan fingerprint density at radius 1 is 0.933 bits per heavy atom. The van der Waals surface area contributed by atoms with Gasteiger partial charge in [-0.15, -0.1) is 0 Å². The normalized spacial score (nSPS) is 14.2. The second-order valence-electron chi connectivity index (χ2n) is 7.45. The topological polar surface area (TPSA) is 86.4 Å². The lowest BCUT2D eigenvalue weighted by molar-refractivity contribution is -0.132. The summed E-state index contributed by atoms with van der Waals surface area (Å²) < 4.78 is 0. The number of aromatic amines is 1. The zero-order valence-electron chi connectivity index (χ0n) is 16.9. The molecule has 2 aromatic carbocycles. The Bertz CT molecular complexity index is 1130. The third-order valence-corrected chi connectivity index (χ3v) is 5.62. The molecule has 0 bridgehead atoms. The minimum absolute atomic E-state index is 0.00181. The van der Waals surface area contributed by atoms with Gasteiger partial charge in [0.15, 0.2) is 0 Å². The van der Waals surface area contributed by atoms with Crippen LogP contribution < -0.4 is 5.56 Å². The van der Waals surface area contributed by atoms with Gasteiger partial charge in [0.1, 0.15) is 0 Å². The second-order valence-corrected chi connectivity index (χ2v) is 7.45. The van der Waals surface area contributed by atoms with Gasteiger partial charge >= 0.3 is 0 Å². The van der Waals surface area contributed by atoms with E-state index in [2.05, 4.69) is 17.1 Å². The summed E-state index contributed by atoms with van der Waals surface area (Å²) in [4.78, 5) is 41.0. The van der Waals surface area contributed by atoms with Crippen molar-refractivity contribution >= 4 is 22.6 Å². The summed E-state index contributed by atoms with van der Waals surface area (Å²) in [7, 11) is 0. The van der Waals surface area contributed by atoms with Crippen LogP contribution in [0.5, 0.6) is 0 Å². The maximum Gasteiger partial charge on any atom is 0.272 e. The number of H-pyrrole nitrogens is 1. The lowest BCUT2D eigenvalue weighted by Gasteiger charge is -2.35. The average Bonchev–Trinajstić information content (AvgIpc) is 2.80. The van der Waals surface area contributed by atoms with Gasteiger partial charge in [-0.3, -0.25) is 14.4 Å². The lowest BCUT2D eigenvalue weighted by atomic mass is 10.1. The summed E-state index contributed by atoms with van der Waals surface area (Å²) in [6.07, 6.45) is 1.05. The minimum Gasteiger partial charge on any atom is -0.339 e. The van der Waals surface area contributed by atoms with E-state index in [4.69, 9.17) is 0 Å². The number of nitrogens with one attached hydrogen (secondary N) is 1. The number of amides is 2. The molecule has 7 heteroatoms. The van der Waals surface area contributed by atoms with Crippen molar-refractivity contribution in [2.75, 3.05) is 26.2 Å². The number of aryl methyl sites for hydroxylation is 1. The van der Waals surface area contributed by atoms with E-state index in [1.54, 1.807) is 28.0 Å².